The Balaban J connectivity index is 0.00000289. The highest BCUT2D eigenvalue weighted by atomic mass is 127. The van der Waals surface area contributed by atoms with Crippen molar-refractivity contribution in [2.45, 2.75) is 38.1 Å². The van der Waals surface area contributed by atoms with E-state index >= 15 is 0 Å². The minimum Gasteiger partial charge on any atom is -0.467 e. The number of nitrogens with one attached hydrogen (secondary N) is 2. The van der Waals surface area contributed by atoms with E-state index in [-0.39, 0.29) is 42.1 Å². The zero-order valence-electron chi connectivity index (χ0n) is 18.3. The number of morpholine rings is 1. The molecule has 2 N–H and O–H groups in total. The molecule has 2 unspecified atom stereocenters. The highest BCUT2D eigenvalue weighted by molar-refractivity contribution is 14.0. The number of aliphatic imine (C=N–C) groups is 1. The zero-order chi connectivity index (χ0) is 21.5. The van der Waals surface area contributed by atoms with E-state index in [0.717, 1.165) is 49.8 Å². The Labute approximate surface area is 205 Å². The third-order valence-corrected chi connectivity index (χ3v) is 5.63. The van der Waals surface area contributed by atoms with Crippen LogP contribution in [0.25, 0.3) is 0 Å². The SMILES string of the molecule is CN=C(NCc1cccc(C(=O)NCc2ccco2)c1)N1CCOC(C2CCCO2)C1.I. The Morgan fingerprint density at radius 1 is 1.12 bits per heavy atom. The molecule has 2 aromatic rings. The summed E-state index contributed by atoms with van der Waals surface area (Å²) in [4.78, 5) is 19.1. The molecule has 0 bridgehead atoms. The summed E-state index contributed by atoms with van der Waals surface area (Å²) in [7, 11) is 1.79. The Kier molecular flexibility index (Phi) is 9.36. The predicted octanol–water partition coefficient (Wildman–Crippen LogP) is 2.78. The van der Waals surface area contributed by atoms with Gasteiger partial charge in [0.15, 0.2) is 5.96 Å². The van der Waals surface area contributed by atoms with Gasteiger partial charge in [0.25, 0.3) is 5.91 Å². The summed E-state index contributed by atoms with van der Waals surface area (Å²) in [6.45, 7) is 3.98. The van der Waals surface area contributed by atoms with Crippen LogP contribution in [-0.2, 0) is 22.6 Å². The van der Waals surface area contributed by atoms with Crippen molar-refractivity contribution >= 4 is 35.8 Å². The molecule has 8 nitrogen and oxygen atoms in total. The maximum Gasteiger partial charge on any atom is 0.251 e. The van der Waals surface area contributed by atoms with Crippen LogP contribution in [0.5, 0.6) is 0 Å². The third kappa shape index (κ3) is 6.46. The van der Waals surface area contributed by atoms with Crippen LogP contribution in [0.1, 0.15) is 34.5 Å². The molecule has 2 saturated heterocycles. The highest BCUT2D eigenvalue weighted by Gasteiger charge is 2.32. The van der Waals surface area contributed by atoms with Crippen LogP contribution in [-0.4, -0.2) is 62.3 Å². The topological polar surface area (TPSA) is 88.3 Å². The number of amides is 1. The summed E-state index contributed by atoms with van der Waals surface area (Å²) < 4.78 is 17.0. The summed E-state index contributed by atoms with van der Waals surface area (Å²) in [5.41, 5.74) is 1.63. The molecular formula is C23H31IN4O4. The minimum atomic E-state index is -0.129. The summed E-state index contributed by atoms with van der Waals surface area (Å²) in [6, 6.07) is 11.2. The van der Waals surface area contributed by atoms with Gasteiger partial charge in [0, 0.05) is 38.9 Å². The Bertz CT molecular complexity index is 884. The van der Waals surface area contributed by atoms with E-state index in [1.807, 2.05) is 30.3 Å². The van der Waals surface area contributed by atoms with Crippen molar-refractivity contribution in [1.82, 2.24) is 15.5 Å². The van der Waals surface area contributed by atoms with Crippen LogP contribution in [0.4, 0.5) is 0 Å². The van der Waals surface area contributed by atoms with E-state index in [4.69, 9.17) is 13.9 Å². The predicted molar refractivity (Wildman–Crippen MR) is 132 cm³/mol. The van der Waals surface area contributed by atoms with E-state index in [9.17, 15) is 4.79 Å². The highest BCUT2D eigenvalue weighted by Crippen LogP contribution is 2.21. The number of halogens is 1. The molecule has 174 valence electrons. The average molecular weight is 554 g/mol. The van der Waals surface area contributed by atoms with Crippen LogP contribution in [0, 0.1) is 0 Å². The van der Waals surface area contributed by atoms with Gasteiger partial charge in [0.1, 0.15) is 11.9 Å². The van der Waals surface area contributed by atoms with Crippen molar-refractivity contribution in [3.8, 4) is 0 Å². The molecule has 4 rings (SSSR count). The largest absolute Gasteiger partial charge is 0.467 e. The maximum atomic E-state index is 12.5. The molecule has 0 radical (unpaired) electrons. The first-order chi connectivity index (χ1) is 15.2. The van der Waals surface area contributed by atoms with Crippen molar-refractivity contribution < 1.29 is 18.7 Å². The van der Waals surface area contributed by atoms with Gasteiger partial charge in [0.2, 0.25) is 0 Å². The number of guanidine groups is 1. The molecule has 2 aliphatic rings. The second-order valence-electron chi connectivity index (χ2n) is 7.77. The van der Waals surface area contributed by atoms with Crippen molar-refractivity contribution in [2.75, 3.05) is 33.4 Å². The first-order valence-corrected chi connectivity index (χ1v) is 10.8. The van der Waals surface area contributed by atoms with Crippen LogP contribution >= 0.6 is 24.0 Å². The van der Waals surface area contributed by atoms with Crippen LogP contribution < -0.4 is 10.6 Å². The second-order valence-corrected chi connectivity index (χ2v) is 7.77. The van der Waals surface area contributed by atoms with Crippen molar-refractivity contribution in [3.05, 3.63) is 59.5 Å². The first-order valence-electron chi connectivity index (χ1n) is 10.8. The fourth-order valence-corrected chi connectivity index (χ4v) is 4.01. The van der Waals surface area contributed by atoms with Crippen molar-refractivity contribution in [2.24, 2.45) is 4.99 Å². The fourth-order valence-electron chi connectivity index (χ4n) is 4.01. The van der Waals surface area contributed by atoms with Gasteiger partial charge < -0.3 is 29.4 Å². The lowest BCUT2D eigenvalue weighted by molar-refractivity contribution is -0.0817. The van der Waals surface area contributed by atoms with Gasteiger partial charge >= 0.3 is 0 Å². The Morgan fingerprint density at radius 3 is 2.75 bits per heavy atom. The summed E-state index contributed by atoms with van der Waals surface area (Å²) in [5, 5.41) is 6.30. The second kappa shape index (κ2) is 12.2. The molecule has 3 heterocycles. The molecule has 0 saturated carbocycles. The molecular weight excluding hydrogens is 523 g/mol. The number of benzene rings is 1. The van der Waals surface area contributed by atoms with E-state index in [1.54, 1.807) is 19.4 Å². The molecule has 1 amide bonds. The van der Waals surface area contributed by atoms with E-state index in [2.05, 4.69) is 20.5 Å². The Hall–Kier alpha value is -2.11. The molecule has 2 fully saturated rings. The molecule has 9 heteroatoms. The van der Waals surface area contributed by atoms with Gasteiger partial charge in [-0.1, -0.05) is 12.1 Å². The number of ether oxygens (including phenoxy) is 2. The van der Waals surface area contributed by atoms with Gasteiger partial charge in [-0.05, 0) is 42.7 Å². The molecule has 2 aliphatic heterocycles. The summed E-state index contributed by atoms with van der Waals surface area (Å²) in [6.07, 6.45) is 4.01. The van der Waals surface area contributed by atoms with Gasteiger partial charge in [0.05, 0.1) is 25.5 Å². The number of nitrogens with zero attached hydrogens (tertiary/aromatic N) is 2. The van der Waals surface area contributed by atoms with E-state index in [1.165, 1.54) is 0 Å². The molecule has 2 atom stereocenters. The smallest absolute Gasteiger partial charge is 0.251 e. The van der Waals surface area contributed by atoms with Gasteiger partial charge in [-0.2, -0.15) is 0 Å². The third-order valence-electron chi connectivity index (χ3n) is 5.63. The average Bonchev–Trinajstić information content (AvgIpc) is 3.53. The van der Waals surface area contributed by atoms with Gasteiger partial charge in [-0.3, -0.25) is 9.79 Å². The van der Waals surface area contributed by atoms with Crippen LogP contribution in [0.2, 0.25) is 0 Å². The minimum absolute atomic E-state index is 0. The maximum absolute atomic E-state index is 12.5. The summed E-state index contributed by atoms with van der Waals surface area (Å²) >= 11 is 0. The van der Waals surface area contributed by atoms with Crippen LogP contribution in [0.3, 0.4) is 0 Å². The number of hydrogen-bond acceptors (Lipinski definition) is 5. The standard InChI is InChI=1S/C23H30N4O4.HI/c1-24-23(27-9-12-31-21(16-27)20-8-4-11-30-20)26-14-17-5-2-6-18(13-17)22(28)25-15-19-7-3-10-29-19;/h2-3,5-7,10,13,20-21H,4,8-9,11-12,14-16H2,1H3,(H,24,26)(H,25,28);1H. The fraction of sp³-hybridized carbons (Fsp3) is 0.478. The quantitative estimate of drug-likeness (QED) is 0.325. The molecule has 1 aromatic heterocycles. The molecule has 1 aromatic carbocycles. The van der Waals surface area contributed by atoms with Crippen molar-refractivity contribution in [1.29, 1.82) is 0 Å². The summed E-state index contributed by atoms with van der Waals surface area (Å²) in [5.74, 6) is 1.43. The lowest BCUT2D eigenvalue weighted by Crippen LogP contribution is -2.53. The number of carbonyl (C=O) groups is 1. The molecule has 32 heavy (non-hydrogen) atoms. The number of furan rings is 1. The zero-order valence-corrected chi connectivity index (χ0v) is 20.6. The van der Waals surface area contributed by atoms with Crippen LogP contribution in [0.15, 0.2) is 52.1 Å². The lowest BCUT2D eigenvalue weighted by Gasteiger charge is -2.37. The number of hydrogen-bond donors (Lipinski definition) is 2. The monoisotopic (exact) mass is 554 g/mol. The van der Waals surface area contributed by atoms with E-state index in [0.29, 0.717) is 25.3 Å². The number of rotatable bonds is 6. The van der Waals surface area contributed by atoms with Gasteiger partial charge in [-0.15, -0.1) is 24.0 Å². The van der Waals surface area contributed by atoms with E-state index < -0.39 is 0 Å². The van der Waals surface area contributed by atoms with Crippen molar-refractivity contribution in [3.63, 3.8) is 0 Å². The Morgan fingerprint density at radius 2 is 2.00 bits per heavy atom. The number of carbonyl (C=O) groups excluding carboxylic acids is 1. The lowest BCUT2D eigenvalue weighted by atomic mass is 10.1. The molecule has 0 spiro atoms. The first kappa shape index (κ1) is 24.5. The molecule has 0 aliphatic carbocycles. The normalized spacial score (nSPS) is 21.2. The van der Waals surface area contributed by atoms with Gasteiger partial charge in [-0.25, -0.2) is 0 Å².